The number of nitrogens with zero attached hydrogens (tertiary/aromatic N) is 2. The topological polar surface area (TPSA) is 90.3 Å². The van der Waals surface area contributed by atoms with Gasteiger partial charge in [-0.15, -0.1) is 22.7 Å². The van der Waals surface area contributed by atoms with Gasteiger partial charge in [0.05, 0.1) is 24.4 Å². The number of hydrogen-bond donors (Lipinski definition) is 1. The Labute approximate surface area is 180 Å². The number of hydrogen-bond acceptors (Lipinski definition) is 7. The van der Waals surface area contributed by atoms with Gasteiger partial charge in [-0.1, -0.05) is 0 Å². The van der Waals surface area contributed by atoms with E-state index in [1.807, 2.05) is 0 Å². The normalized spacial score (nSPS) is 15.1. The first-order valence-corrected chi connectivity index (χ1v) is 11.7. The molecule has 0 radical (unpaired) electrons. The number of aromatic nitrogens is 2. The van der Waals surface area contributed by atoms with Gasteiger partial charge in [0.2, 0.25) is 5.91 Å². The molecule has 0 spiro atoms. The van der Waals surface area contributed by atoms with E-state index in [0.29, 0.717) is 16.0 Å². The number of nitrogens with one attached hydrogen (secondary N) is 1. The first-order valence-electron chi connectivity index (χ1n) is 10.1. The monoisotopic (exact) mass is 443 g/mol. The summed E-state index contributed by atoms with van der Waals surface area (Å²) in [4.78, 5) is 45.7. The summed E-state index contributed by atoms with van der Waals surface area (Å²) in [6.45, 7) is -0.143. The highest BCUT2D eigenvalue weighted by Crippen LogP contribution is 2.38. The second-order valence-electron chi connectivity index (χ2n) is 7.67. The fraction of sp³-hybridized carbons (Fsp3) is 0.429. The van der Waals surface area contributed by atoms with Crippen molar-refractivity contribution in [3.8, 4) is 0 Å². The number of carbonyl (C=O) groups excluding carboxylic acids is 2. The lowest BCUT2D eigenvalue weighted by molar-refractivity contribution is -0.116. The Kier molecular flexibility index (Phi) is 4.94. The molecule has 0 aromatic carbocycles. The van der Waals surface area contributed by atoms with Crippen LogP contribution in [0.25, 0.3) is 10.2 Å². The average molecular weight is 444 g/mol. The molecule has 2 aliphatic carbocycles. The van der Waals surface area contributed by atoms with Gasteiger partial charge in [0.1, 0.15) is 16.4 Å². The Hall–Kier alpha value is -2.52. The number of esters is 1. The average Bonchev–Trinajstić information content (AvgIpc) is 3.41. The molecule has 0 bridgehead atoms. The van der Waals surface area contributed by atoms with E-state index in [1.54, 1.807) is 11.3 Å². The minimum absolute atomic E-state index is 0.143. The second kappa shape index (κ2) is 7.63. The molecular weight excluding hydrogens is 422 g/mol. The Morgan fingerprint density at radius 1 is 1.10 bits per heavy atom. The van der Waals surface area contributed by atoms with Crippen molar-refractivity contribution in [2.24, 2.45) is 0 Å². The van der Waals surface area contributed by atoms with Crippen LogP contribution in [-0.4, -0.2) is 28.5 Å². The van der Waals surface area contributed by atoms with Crippen LogP contribution in [0.3, 0.4) is 0 Å². The van der Waals surface area contributed by atoms with E-state index in [9.17, 15) is 14.4 Å². The van der Waals surface area contributed by atoms with Gasteiger partial charge in [-0.3, -0.25) is 14.2 Å². The van der Waals surface area contributed by atoms with Crippen LogP contribution < -0.4 is 10.9 Å². The molecule has 3 heterocycles. The second-order valence-corrected chi connectivity index (χ2v) is 9.86. The van der Waals surface area contributed by atoms with E-state index >= 15 is 0 Å². The van der Waals surface area contributed by atoms with E-state index in [-0.39, 0.29) is 18.0 Å². The maximum absolute atomic E-state index is 13.0. The van der Waals surface area contributed by atoms with Crippen molar-refractivity contribution >= 4 is 49.8 Å². The van der Waals surface area contributed by atoms with Gasteiger partial charge in [0, 0.05) is 9.75 Å². The molecule has 1 N–H and O–H groups in total. The Bertz CT molecular complexity index is 1240. The minimum atomic E-state index is -0.432. The van der Waals surface area contributed by atoms with Crippen molar-refractivity contribution in [2.75, 3.05) is 12.4 Å². The Balaban J connectivity index is 1.43. The molecule has 2 aliphatic rings. The van der Waals surface area contributed by atoms with Crippen molar-refractivity contribution in [2.45, 2.75) is 51.5 Å². The summed E-state index contributed by atoms with van der Waals surface area (Å²) < 4.78 is 6.31. The summed E-state index contributed by atoms with van der Waals surface area (Å²) in [5, 5.41) is 4.02. The smallest absolute Gasteiger partial charge is 0.341 e. The summed E-state index contributed by atoms with van der Waals surface area (Å²) >= 11 is 3.01. The number of aryl methyl sites for hydroxylation is 3. The van der Waals surface area contributed by atoms with E-state index in [1.165, 1.54) is 34.2 Å². The molecule has 3 aromatic heterocycles. The zero-order valence-corrected chi connectivity index (χ0v) is 18.2. The molecule has 7 nitrogen and oxygen atoms in total. The quantitative estimate of drug-likeness (QED) is 0.625. The first kappa shape index (κ1) is 19.4. The summed E-state index contributed by atoms with van der Waals surface area (Å²) in [5.74, 6) is -0.785. The number of fused-ring (bicyclic) bond motifs is 4. The van der Waals surface area contributed by atoms with Crippen molar-refractivity contribution in [3.63, 3.8) is 0 Å². The molecule has 0 atom stereocenters. The van der Waals surface area contributed by atoms with E-state index in [4.69, 9.17) is 4.74 Å². The van der Waals surface area contributed by atoms with Crippen LogP contribution in [0.15, 0.2) is 11.1 Å². The van der Waals surface area contributed by atoms with Crippen LogP contribution in [0.1, 0.15) is 50.5 Å². The number of thiophene rings is 2. The fourth-order valence-electron chi connectivity index (χ4n) is 4.42. The van der Waals surface area contributed by atoms with Crippen LogP contribution in [0.4, 0.5) is 5.00 Å². The zero-order chi connectivity index (χ0) is 20.8. The van der Waals surface area contributed by atoms with Crippen molar-refractivity contribution in [1.82, 2.24) is 9.55 Å². The van der Waals surface area contributed by atoms with Gasteiger partial charge >= 0.3 is 5.97 Å². The SMILES string of the molecule is COC(=O)c1c(NC(=O)Cn2cnc3sc4c(c3c2=O)CCC4)sc2c1CCCC2. The number of methoxy groups -OCH3 is 1. The summed E-state index contributed by atoms with van der Waals surface area (Å²) in [5.41, 5.74) is 2.37. The molecule has 30 heavy (non-hydrogen) atoms. The van der Waals surface area contributed by atoms with Crippen molar-refractivity contribution < 1.29 is 14.3 Å². The Morgan fingerprint density at radius 2 is 1.83 bits per heavy atom. The standard InChI is InChI=1S/C21H21N3O4S2/c1-28-21(27)17-12-5-2-3-7-13(12)30-19(17)23-15(25)9-24-10-22-18-16(20(24)26)11-6-4-8-14(11)29-18/h10H,2-9H2,1H3,(H,23,25). The fourth-order valence-corrected chi connectivity index (χ4v) is 6.94. The van der Waals surface area contributed by atoms with Gasteiger partial charge in [-0.25, -0.2) is 9.78 Å². The van der Waals surface area contributed by atoms with Gasteiger partial charge in [-0.2, -0.15) is 0 Å². The summed E-state index contributed by atoms with van der Waals surface area (Å²) in [7, 11) is 1.35. The molecule has 0 fully saturated rings. The van der Waals surface area contributed by atoms with E-state index in [2.05, 4.69) is 10.3 Å². The van der Waals surface area contributed by atoms with Crippen molar-refractivity contribution in [1.29, 1.82) is 0 Å². The van der Waals surface area contributed by atoms with Gasteiger partial charge in [0.15, 0.2) is 0 Å². The molecule has 0 saturated carbocycles. The molecular formula is C21H21N3O4S2. The predicted molar refractivity (Wildman–Crippen MR) is 117 cm³/mol. The van der Waals surface area contributed by atoms with Crippen LogP contribution in [0, 0.1) is 0 Å². The zero-order valence-electron chi connectivity index (χ0n) is 16.6. The number of amides is 1. The predicted octanol–water partition coefficient (Wildman–Crippen LogP) is 3.31. The van der Waals surface area contributed by atoms with Crippen LogP contribution >= 0.6 is 22.7 Å². The molecule has 0 aliphatic heterocycles. The van der Waals surface area contributed by atoms with Gasteiger partial charge in [-0.05, 0) is 56.1 Å². The van der Waals surface area contributed by atoms with Gasteiger partial charge in [0.25, 0.3) is 5.56 Å². The third kappa shape index (κ3) is 3.16. The lowest BCUT2D eigenvalue weighted by Crippen LogP contribution is -2.28. The lowest BCUT2D eigenvalue weighted by Gasteiger charge is -2.12. The largest absolute Gasteiger partial charge is 0.465 e. The third-order valence-corrected chi connectivity index (χ3v) is 8.23. The molecule has 3 aromatic rings. The third-order valence-electron chi connectivity index (χ3n) is 5.82. The molecule has 0 saturated heterocycles. The van der Waals surface area contributed by atoms with Crippen LogP contribution in [0.2, 0.25) is 0 Å². The number of carbonyl (C=O) groups is 2. The number of ether oxygens (including phenoxy) is 1. The molecule has 0 unspecified atom stereocenters. The first-order chi connectivity index (χ1) is 14.6. The molecule has 5 rings (SSSR count). The maximum atomic E-state index is 13.0. The Morgan fingerprint density at radius 3 is 2.67 bits per heavy atom. The number of rotatable bonds is 4. The summed E-state index contributed by atoms with van der Waals surface area (Å²) in [6.07, 6.45) is 8.21. The summed E-state index contributed by atoms with van der Waals surface area (Å²) in [6, 6.07) is 0. The van der Waals surface area contributed by atoms with E-state index in [0.717, 1.165) is 65.8 Å². The maximum Gasteiger partial charge on any atom is 0.341 e. The molecule has 1 amide bonds. The number of anilines is 1. The highest BCUT2D eigenvalue weighted by Gasteiger charge is 2.27. The van der Waals surface area contributed by atoms with Crippen LogP contribution in [0.5, 0.6) is 0 Å². The molecule has 156 valence electrons. The lowest BCUT2D eigenvalue weighted by atomic mass is 9.95. The van der Waals surface area contributed by atoms with Crippen molar-refractivity contribution in [3.05, 3.63) is 43.1 Å². The molecule has 9 heteroatoms. The highest BCUT2D eigenvalue weighted by molar-refractivity contribution is 7.18. The highest BCUT2D eigenvalue weighted by atomic mass is 32.1. The van der Waals surface area contributed by atoms with Crippen LogP contribution in [-0.2, 0) is 41.8 Å². The van der Waals surface area contributed by atoms with Gasteiger partial charge < -0.3 is 10.1 Å². The minimum Gasteiger partial charge on any atom is -0.465 e. The van der Waals surface area contributed by atoms with E-state index < -0.39 is 5.97 Å².